The predicted molar refractivity (Wildman–Crippen MR) is 85.3 cm³/mol. The fourth-order valence-electron chi connectivity index (χ4n) is 2.35. The zero-order chi connectivity index (χ0) is 14.7. The van der Waals surface area contributed by atoms with Crippen LogP contribution in [0, 0.1) is 0 Å². The van der Waals surface area contributed by atoms with E-state index in [2.05, 4.69) is 28.0 Å². The van der Waals surface area contributed by atoms with E-state index in [1.807, 2.05) is 36.0 Å². The number of aliphatic hydroxyl groups is 1. The Kier molecular flexibility index (Phi) is 5.24. The first-order valence-corrected chi connectivity index (χ1v) is 7.81. The number of aromatic nitrogens is 2. The molecule has 2 rings (SSSR count). The molecule has 108 valence electrons. The quantitative estimate of drug-likeness (QED) is 0.885. The van der Waals surface area contributed by atoms with E-state index in [1.165, 1.54) is 0 Å². The van der Waals surface area contributed by atoms with Crippen LogP contribution in [0.25, 0.3) is 0 Å². The van der Waals surface area contributed by atoms with Crippen LogP contribution in [-0.2, 0) is 19.9 Å². The molecule has 3 nitrogen and oxygen atoms in total. The molecule has 1 aromatic heterocycles. The Morgan fingerprint density at radius 3 is 2.65 bits per heavy atom. The molecule has 0 aliphatic heterocycles. The summed E-state index contributed by atoms with van der Waals surface area (Å²) in [5.74, 6) is -0.0277. The number of hydrogen-bond donors (Lipinski definition) is 1. The summed E-state index contributed by atoms with van der Waals surface area (Å²) >= 11 is 9.84. The van der Waals surface area contributed by atoms with Crippen LogP contribution in [0.3, 0.4) is 0 Å². The van der Waals surface area contributed by atoms with E-state index in [1.54, 1.807) is 0 Å². The largest absolute Gasteiger partial charge is 0.396 e. The molecular formula is C15H18BrClN2O. The van der Waals surface area contributed by atoms with E-state index in [-0.39, 0.29) is 12.5 Å². The maximum absolute atomic E-state index is 9.71. The molecule has 1 unspecified atom stereocenters. The molecule has 0 aliphatic carbocycles. The first-order valence-electron chi connectivity index (χ1n) is 6.64. The summed E-state index contributed by atoms with van der Waals surface area (Å²) in [5.41, 5.74) is 3.10. The lowest BCUT2D eigenvalue weighted by molar-refractivity contribution is 0.263. The van der Waals surface area contributed by atoms with Crippen molar-refractivity contribution in [3.63, 3.8) is 0 Å². The van der Waals surface area contributed by atoms with Crippen LogP contribution in [0.2, 0.25) is 5.02 Å². The standard InChI is InChI=1S/C15H18BrClN2O/c1-3-13-15(16)14(19(2)18-13)8-10(9-20)11-6-4-5-7-12(11)17/h4-7,10,20H,3,8-9H2,1-2H3. The number of aliphatic hydroxyl groups excluding tert-OH is 1. The molecule has 1 heterocycles. The minimum atomic E-state index is -0.0277. The fourth-order valence-corrected chi connectivity index (χ4v) is 3.42. The van der Waals surface area contributed by atoms with Gasteiger partial charge in [-0.1, -0.05) is 36.7 Å². The molecule has 20 heavy (non-hydrogen) atoms. The van der Waals surface area contributed by atoms with Crippen LogP contribution in [-0.4, -0.2) is 21.5 Å². The minimum absolute atomic E-state index is 0.0277. The van der Waals surface area contributed by atoms with Gasteiger partial charge in [0, 0.05) is 18.0 Å². The number of hydrogen-bond acceptors (Lipinski definition) is 2. The number of nitrogens with zero attached hydrogens (tertiary/aromatic N) is 2. The molecule has 1 atom stereocenters. The maximum atomic E-state index is 9.71. The smallest absolute Gasteiger partial charge is 0.0766 e. The number of benzene rings is 1. The topological polar surface area (TPSA) is 38.0 Å². The fraction of sp³-hybridized carbons (Fsp3) is 0.400. The summed E-state index contributed by atoms with van der Waals surface area (Å²) < 4.78 is 2.91. The highest BCUT2D eigenvalue weighted by Gasteiger charge is 2.20. The number of aryl methyl sites for hydroxylation is 2. The van der Waals surface area contributed by atoms with Crippen molar-refractivity contribution < 1.29 is 5.11 Å². The molecule has 0 aliphatic rings. The summed E-state index contributed by atoms with van der Waals surface area (Å²) in [5, 5.41) is 14.9. The molecule has 0 radical (unpaired) electrons. The van der Waals surface area contributed by atoms with Gasteiger partial charge in [0.25, 0.3) is 0 Å². The summed E-state index contributed by atoms with van der Waals surface area (Å²) in [4.78, 5) is 0. The Balaban J connectivity index is 2.32. The summed E-state index contributed by atoms with van der Waals surface area (Å²) in [6, 6.07) is 7.67. The molecule has 0 amide bonds. The first kappa shape index (κ1) is 15.5. The van der Waals surface area contributed by atoms with E-state index in [0.717, 1.165) is 27.8 Å². The Morgan fingerprint density at radius 1 is 1.40 bits per heavy atom. The highest BCUT2D eigenvalue weighted by atomic mass is 79.9. The van der Waals surface area contributed by atoms with Gasteiger partial charge in [0.05, 0.1) is 22.5 Å². The van der Waals surface area contributed by atoms with Gasteiger partial charge in [-0.25, -0.2) is 0 Å². The van der Waals surface area contributed by atoms with Crippen molar-refractivity contribution in [2.45, 2.75) is 25.7 Å². The highest BCUT2D eigenvalue weighted by Crippen LogP contribution is 2.30. The van der Waals surface area contributed by atoms with Crippen molar-refractivity contribution in [2.75, 3.05) is 6.61 Å². The lowest BCUT2D eigenvalue weighted by Gasteiger charge is -2.16. The molecule has 2 aromatic rings. The Labute approximate surface area is 132 Å². The van der Waals surface area contributed by atoms with Crippen LogP contribution in [0.15, 0.2) is 28.7 Å². The van der Waals surface area contributed by atoms with Gasteiger partial charge in [-0.05, 0) is 40.4 Å². The molecular weight excluding hydrogens is 340 g/mol. The first-order chi connectivity index (χ1) is 9.58. The second-order valence-corrected chi connectivity index (χ2v) is 5.99. The van der Waals surface area contributed by atoms with Gasteiger partial charge in [0.15, 0.2) is 0 Å². The Bertz CT molecular complexity index is 598. The zero-order valence-electron chi connectivity index (χ0n) is 11.6. The van der Waals surface area contributed by atoms with Gasteiger partial charge in [0.2, 0.25) is 0 Å². The third kappa shape index (κ3) is 3.08. The van der Waals surface area contributed by atoms with Crippen molar-refractivity contribution in [1.29, 1.82) is 0 Å². The predicted octanol–water partition coefficient (Wildman–Crippen LogP) is 3.72. The average Bonchev–Trinajstić information content (AvgIpc) is 2.72. The van der Waals surface area contributed by atoms with Gasteiger partial charge in [-0.2, -0.15) is 5.10 Å². The summed E-state index contributed by atoms with van der Waals surface area (Å²) in [7, 11) is 1.93. The molecule has 5 heteroatoms. The van der Waals surface area contributed by atoms with Crippen LogP contribution < -0.4 is 0 Å². The van der Waals surface area contributed by atoms with E-state index < -0.39 is 0 Å². The van der Waals surface area contributed by atoms with Gasteiger partial charge < -0.3 is 5.11 Å². The molecule has 1 N–H and O–H groups in total. The average molecular weight is 358 g/mol. The van der Waals surface area contributed by atoms with Gasteiger partial charge in [-0.15, -0.1) is 0 Å². The van der Waals surface area contributed by atoms with E-state index in [0.29, 0.717) is 11.4 Å². The van der Waals surface area contributed by atoms with Crippen LogP contribution in [0.5, 0.6) is 0 Å². The third-order valence-electron chi connectivity index (χ3n) is 3.51. The van der Waals surface area contributed by atoms with E-state index in [9.17, 15) is 5.11 Å². The van der Waals surface area contributed by atoms with Crippen LogP contribution in [0.4, 0.5) is 0 Å². The van der Waals surface area contributed by atoms with Gasteiger partial charge >= 0.3 is 0 Å². The maximum Gasteiger partial charge on any atom is 0.0766 e. The van der Waals surface area contributed by atoms with Gasteiger partial charge in [0.1, 0.15) is 0 Å². The van der Waals surface area contributed by atoms with Crippen molar-refractivity contribution in [2.24, 2.45) is 7.05 Å². The van der Waals surface area contributed by atoms with E-state index >= 15 is 0 Å². The molecule has 0 bridgehead atoms. The second-order valence-electron chi connectivity index (χ2n) is 4.79. The van der Waals surface area contributed by atoms with Crippen LogP contribution in [0.1, 0.15) is 29.8 Å². The SMILES string of the molecule is CCc1nn(C)c(CC(CO)c2ccccc2Cl)c1Br. The molecule has 0 saturated carbocycles. The second kappa shape index (κ2) is 6.74. The Hall–Kier alpha value is -0.840. The van der Waals surface area contributed by atoms with Crippen molar-refractivity contribution in [1.82, 2.24) is 9.78 Å². The van der Waals surface area contributed by atoms with Crippen molar-refractivity contribution in [3.8, 4) is 0 Å². The van der Waals surface area contributed by atoms with Crippen LogP contribution >= 0.6 is 27.5 Å². The highest BCUT2D eigenvalue weighted by molar-refractivity contribution is 9.10. The van der Waals surface area contributed by atoms with Crippen molar-refractivity contribution in [3.05, 3.63) is 50.7 Å². The number of rotatable bonds is 5. The van der Waals surface area contributed by atoms with Gasteiger partial charge in [-0.3, -0.25) is 4.68 Å². The lowest BCUT2D eigenvalue weighted by atomic mass is 9.95. The Morgan fingerprint density at radius 2 is 2.10 bits per heavy atom. The normalized spacial score (nSPS) is 12.7. The number of halogens is 2. The lowest BCUT2D eigenvalue weighted by Crippen LogP contribution is -2.11. The third-order valence-corrected chi connectivity index (χ3v) is 4.77. The molecule has 0 spiro atoms. The minimum Gasteiger partial charge on any atom is -0.396 e. The van der Waals surface area contributed by atoms with Crippen molar-refractivity contribution >= 4 is 27.5 Å². The van der Waals surface area contributed by atoms with E-state index in [4.69, 9.17) is 11.6 Å². The monoisotopic (exact) mass is 356 g/mol. The summed E-state index contributed by atoms with van der Waals surface area (Å²) in [6.45, 7) is 2.14. The molecule has 0 fully saturated rings. The zero-order valence-corrected chi connectivity index (χ0v) is 13.9. The molecule has 0 saturated heterocycles. The molecule has 1 aromatic carbocycles. The summed E-state index contributed by atoms with van der Waals surface area (Å²) in [6.07, 6.45) is 1.58.